The highest BCUT2D eigenvalue weighted by atomic mass is 32.2. The molecule has 1 aliphatic rings. The highest BCUT2D eigenvalue weighted by molar-refractivity contribution is 8.00. The van der Waals surface area contributed by atoms with Crippen LogP contribution in [0.2, 0.25) is 0 Å². The number of para-hydroxylation sites is 1. The molecule has 130 valence electrons. The topological polar surface area (TPSA) is 78.7 Å². The number of rotatable bonds is 4. The molecule has 1 aromatic carbocycles. The maximum atomic E-state index is 12.6. The first-order valence-electron chi connectivity index (χ1n) is 8.40. The summed E-state index contributed by atoms with van der Waals surface area (Å²) in [6.07, 6.45) is 3.01. The number of hydrogen-bond acceptors (Lipinski definition) is 6. The molecule has 5 nitrogen and oxygen atoms in total. The minimum absolute atomic E-state index is 0.139. The Morgan fingerprint density at radius 2 is 2.19 bits per heavy atom. The van der Waals surface area contributed by atoms with Crippen LogP contribution in [0, 0.1) is 11.3 Å². The van der Waals surface area contributed by atoms with Crippen LogP contribution in [0.15, 0.2) is 35.4 Å². The van der Waals surface area contributed by atoms with Crippen LogP contribution in [0.4, 0.5) is 5.13 Å². The van der Waals surface area contributed by atoms with E-state index in [4.69, 9.17) is 0 Å². The molecule has 2 heterocycles. The summed E-state index contributed by atoms with van der Waals surface area (Å²) in [5.74, 6) is -0.139. The molecule has 0 bridgehead atoms. The van der Waals surface area contributed by atoms with E-state index in [1.54, 1.807) is 0 Å². The van der Waals surface area contributed by atoms with E-state index in [1.807, 2.05) is 37.3 Å². The molecule has 1 unspecified atom stereocenters. The summed E-state index contributed by atoms with van der Waals surface area (Å²) in [5.41, 5.74) is 3.65. The van der Waals surface area contributed by atoms with E-state index in [9.17, 15) is 10.1 Å². The van der Waals surface area contributed by atoms with Gasteiger partial charge in [0, 0.05) is 5.69 Å². The SMILES string of the molecule is CC(Sc1nc2c(cc1C#N)CCC2)C(=O)Nc1nc2ccccc2s1. The second kappa shape index (κ2) is 7.06. The normalized spacial score (nSPS) is 14.0. The molecule has 7 heteroatoms. The fourth-order valence-electron chi connectivity index (χ4n) is 2.98. The Kier molecular flexibility index (Phi) is 4.62. The van der Waals surface area contributed by atoms with Gasteiger partial charge in [0.25, 0.3) is 0 Å². The summed E-state index contributed by atoms with van der Waals surface area (Å²) in [5, 5.41) is 13.1. The average Bonchev–Trinajstić information content (AvgIpc) is 3.26. The lowest BCUT2D eigenvalue weighted by Gasteiger charge is -2.12. The third-order valence-electron chi connectivity index (χ3n) is 4.32. The number of hydrogen-bond donors (Lipinski definition) is 1. The molecule has 0 saturated carbocycles. The van der Waals surface area contributed by atoms with E-state index < -0.39 is 0 Å². The molecule has 0 saturated heterocycles. The Balaban J connectivity index is 1.50. The molecular weight excluding hydrogens is 364 g/mol. The van der Waals surface area contributed by atoms with Crippen molar-refractivity contribution in [2.45, 2.75) is 36.5 Å². The molecule has 2 aromatic heterocycles. The van der Waals surface area contributed by atoms with Crippen molar-refractivity contribution in [1.82, 2.24) is 9.97 Å². The van der Waals surface area contributed by atoms with Crippen molar-refractivity contribution in [3.8, 4) is 6.07 Å². The molecule has 3 aromatic rings. The van der Waals surface area contributed by atoms with Gasteiger partial charge in [-0.2, -0.15) is 5.26 Å². The van der Waals surface area contributed by atoms with E-state index in [2.05, 4.69) is 21.4 Å². The third-order valence-corrected chi connectivity index (χ3v) is 6.37. The Labute approximate surface area is 159 Å². The van der Waals surface area contributed by atoms with Crippen LogP contribution in [0.3, 0.4) is 0 Å². The number of amides is 1. The first-order valence-corrected chi connectivity index (χ1v) is 10.1. The number of aromatic nitrogens is 2. The summed E-state index contributed by atoms with van der Waals surface area (Å²) in [7, 11) is 0. The number of nitrogens with one attached hydrogen (secondary N) is 1. The largest absolute Gasteiger partial charge is 0.301 e. The van der Waals surface area contributed by atoms with E-state index >= 15 is 0 Å². The number of carbonyl (C=O) groups is 1. The number of thioether (sulfide) groups is 1. The summed E-state index contributed by atoms with van der Waals surface area (Å²) in [6, 6.07) is 11.9. The number of nitrogens with zero attached hydrogens (tertiary/aromatic N) is 3. The van der Waals surface area contributed by atoms with Crippen LogP contribution in [0.25, 0.3) is 10.2 Å². The summed E-state index contributed by atoms with van der Waals surface area (Å²) in [4.78, 5) is 21.6. The number of benzene rings is 1. The van der Waals surface area contributed by atoms with Crippen molar-refractivity contribution in [2.75, 3.05) is 5.32 Å². The van der Waals surface area contributed by atoms with Gasteiger partial charge in [-0.3, -0.25) is 4.79 Å². The number of thiazole rings is 1. The van der Waals surface area contributed by atoms with Crippen LogP contribution in [-0.4, -0.2) is 21.1 Å². The number of pyridine rings is 1. The lowest BCUT2D eigenvalue weighted by Crippen LogP contribution is -2.22. The smallest absolute Gasteiger partial charge is 0.239 e. The number of nitriles is 1. The maximum Gasteiger partial charge on any atom is 0.239 e. The molecule has 0 aliphatic heterocycles. The minimum atomic E-state index is -0.374. The molecule has 0 fully saturated rings. The Morgan fingerprint density at radius 3 is 3.00 bits per heavy atom. The Morgan fingerprint density at radius 1 is 1.35 bits per heavy atom. The molecule has 0 spiro atoms. The molecule has 26 heavy (non-hydrogen) atoms. The predicted molar refractivity (Wildman–Crippen MR) is 105 cm³/mol. The lowest BCUT2D eigenvalue weighted by molar-refractivity contribution is -0.115. The minimum Gasteiger partial charge on any atom is -0.301 e. The molecular formula is C19H16N4OS2. The fraction of sp³-hybridized carbons (Fsp3) is 0.263. The van der Waals surface area contributed by atoms with Gasteiger partial charge >= 0.3 is 0 Å². The molecule has 1 atom stereocenters. The first-order chi connectivity index (χ1) is 12.6. The van der Waals surface area contributed by atoms with Crippen LogP contribution in [0.5, 0.6) is 0 Å². The zero-order valence-corrected chi connectivity index (χ0v) is 15.8. The van der Waals surface area contributed by atoms with E-state index in [0.29, 0.717) is 15.7 Å². The van der Waals surface area contributed by atoms with E-state index in [0.717, 1.165) is 40.7 Å². The second-order valence-corrected chi connectivity index (χ2v) is 8.51. The van der Waals surface area contributed by atoms with Crippen molar-refractivity contribution in [1.29, 1.82) is 5.26 Å². The van der Waals surface area contributed by atoms with Crippen molar-refractivity contribution < 1.29 is 4.79 Å². The van der Waals surface area contributed by atoms with Crippen LogP contribution in [-0.2, 0) is 17.6 Å². The summed E-state index contributed by atoms with van der Waals surface area (Å²) >= 11 is 2.78. The van der Waals surface area contributed by atoms with Crippen LogP contribution < -0.4 is 5.32 Å². The van der Waals surface area contributed by atoms with Gasteiger partial charge in [0.2, 0.25) is 5.91 Å². The van der Waals surface area contributed by atoms with Gasteiger partial charge in [-0.05, 0) is 49.9 Å². The molecule has 4 rings (SSSR count). The van der Waals surface area contributed by atoms with Gasteiger partial charge in [0.1, 0.15) is 11.1 Å². The Bertz CT molecular complexity index is 1000. The quantitative estimate of drug-likeness (QED) is 0.687. The second-order valence-electron chi connectivity index (χ2n) is 6.15. The Hall–Kier alpha value is -2.43. The van der Waals surface area contributed by atoms with Gasteiger partial charge in [0.15, 0.2) is 5.13 Å². The molecule has 1 aliphatic carbocycles. The number of anilines is 1. The number of aryl methyl sites for hydroxylation is 2. The summed E-state index contributed by atoms with van der Waals surface area (Å²) < 4.78 is 1.04. The first kappa shape index (κ1) is 17.0. The van der Waals surface area contributed by atoms with Crippen molar-refractivity contribution in [2.24, 2.45) is 0 Å². The molecule has 0 radical (unpaired) electrons. The van der Waals surface area contributed by atoms with E-state index in [-0.39, 0.29) is 11.2 Å². The lowest BCUT2D eigenvalue weighted by atomic mass is 10.2. The van der Waals surface area contributed by atoms with Gasteiger partial charge in [-0.15, -0.1) is 0 Å². The van der Waals surface area contributed by atoms with E-state index in [1.165, 1.54) is 23.1 Å². The molecule has 1 amide bonds. The van der Waals surface area contributed by atoms with Crippen LogP contribution >= 0.6 is 23.1 Å². The fourth-order valence-corrected chi connectivity index (χ4v) is 4.74. The predicted octanol–water partition coefficient (Wildman–Crippen LogP) is 4.17. The summed E-state index contributed by atoms with van der Waals surface area (Å²) in [6.45, 7) is 1.82. The van der Waals surface area contributed by atoms with Crippen molar-refractivity contribution in [3.63, 3.8) is 0 Å². The van der Waals surface area contributed by atoms with Crippen LogP contribution in [0.1, 0.15) is 30.2 Å². The van der Waals surface area contributed by atoms with Gasteiger partial charge in [0.05, 0.1) is 21.0 Å². The number of carbonyl (C=O) groups excluding carboxylic acids is 1. The zero-order valence-electron chi connectivity index (χ0n) is 14.2. The van der Waals surface area contributed by atoms with Crippen molar-refractivity contribution in [3.05, 3.63) is 47.2 Å². The number of fused-ring (bicyclic) bond motifs is 2. The maximum absolute atomic E-state index is 12.6. The van der Waals surface area contributed by atoms with Gasteiger partial charge in [-0.25, -0.2) is 9.97 Å². The van der Waals surface area contributed by atoms with Crippen molar-refractivity contribution >= 4 is 44.4 Å². The van der Waals surface area contributed by atoms with Gasteiger partial charge in [-0.1, -0.05) is 35.2 Å². The monoisotopic (exact) mass is 380 g/mol. The third kappa shape index (κ3) is 3.30. The van der Waals surface area contributed by atoms with Gasteiger partial charge < -0.3 is 5.32 Å². The highest BCUT2D eigenvalue weighted by Gasteiger charge is 2.22. The molecule has 1 N–H and O–H groups in total. The zero-order chi connectivity index (χ0) is 18.1. The average molecular weight is 380 g/mol. The highest BCUT2D eigenvalue weighted by Crippen LogP contribution is 2.31. The standard InChI is InChI=1S/C19H16N4OS2/c1-11(17(24)23-19-22-15-6-2-3-8-16(15)26-19)25-18-13(10-20)9-12-5-4-7-14(12)21-18/h2-3,6,8-9,11H,4-5,7H2,1H3,(H,22,23,24).